The number of hydrogen-bond donors (Lipinski definition) is 0. The first-order valence-corrected chi connectivity index (χ1v) is 6.97. The Morgan fingerprint density at radius 2 is 2.00 bits per heavy atom. The third-order valence-electron chi connectivity index (χ3n) is 2.19. The molecule has 3 heteroatoms. The van der Waals surface area contributed by atoms with Gasteiger partial charge in [0.25, 0.3) is 0 Å². The first kappa shape index (κ1) is 13.8. The zero-order valence-electron chi connectivity index (χ0n) is 10.5. The molecule has 0 unspecified atom stereocenters. The molecule has 0 N–H and O–H groups in total. The Morgan fingerprint density at radius 1 is 1.36 bits per heavy atom. The summed E-state index contributed by atoms with van der Waals surface area (Å²) in [7, 11) is -0.480. The smallest absolute Gasteiger partial charge is 0.369 e. The van der Waals surface area contributed by atoms with Crippen LogP contribution in [0.2, 0.25) is 0 Å². The normalized spacial score (nSPS) is 14.1. The van der Waals surface area contributed by atoms with Gasteiger partial charge < -0.3 is 4.43 Å². The molecule has 0 aromatic heterocycles. The third-order valence-corrected chi connectivity index (χ3v) is 3.95. The van der Waals surface area contributed by atoms with E-state index in [0.717, 1.165) is 12.5 Å². The van der Waals surface area contributed by atoms with Crippen molar-refractivity contribution in [3.8, 4) is 0 Å². The van der Waals surface area contributed by atoms with E-state index in [-0.39, 0.29) is 0 Å². The molecular weight excluding hydrogens is 190 g/mol. The molecule has 0 aliphatic carbocycles. The zero-order chi connectivity index (χ0) is 11.0. The molecule has 0 rings (SSSR count). The van der Waals surface area contributed by atoms with Crippen LogP contribution in [0.1, 0.15) is 47.5 Å². The van der Waals surface area contributed by atoms with E-state index in [2.05, 4.69) is 38.9 Å². The lowest BCUT2D eigenvalue weighted by atomic mass is 10.1. The lowest BCUT2D eigenvalue weighted by Crippen LogP contribution is -2.27. The summed E-state index contributed by atoms with van der Waals surface area (Å²) in [6.45, 7) is 13.1. The van der Waals surface area contributed by atoms with Gasteiger partial charge in [-0.2, -0.15) is 0 Å². The minimum absolute atomic E-state index is 0.480. The highest BCUT2D eigenvalue weighted by Gasteiger charge is 2.11. The largest absolute Gasteiger partial charge is 0.481 e. The van der Waals surface area contributed by atoms with Gasteiger partial charge in [0.15, 0.2) is 0 Å². The van der Waals surface area contributed by atoms with Gasteiger partial charge in [-0.15, -0.1) is 0 Å². The fourth-order valence-electron chi connectivity index (χ4n) is 1.56. The lowest BCUT2D eigenvalue weighted by Gasteiger charge is -2.09. The predicted octanol–water partition coefficient (Wildman–Crippen LogP) is 1.95. The van der Waals surface area contributed by atoms with Crippen molar-refractivity contribution in [2.45, 2.75) is 47.5 Å². The van der Waals surface area contributed by atoms with E-state index < -0.39 is 9.92 Å². The van der Waals surface area contributed by atoms with Gasteiger partial charge in [-0.1, -0.05) is 20.8 Å². The van der Waals surface area contributed by atoms with Crippen molar-refractivity contribution >= 4 is 15.6 Å². The number of nitrogens with zero attached hydrogens (tertiary/aromatic N) is 1. The summed E-state index contributed by atoms with van der Waals surface area (Å²) in [5.74, 6) is 0.755. The van der Waals surface area contributed by atoms with Crippen molar-refractivity contribution in [2.24, 2.45) is 5.92 Å². The van der Waals surface area contributed by atoms with Crippen LogP contribution in [0.4, 0.5) is 0 Å². The Hall–Kier alpha value is -0.153. The van der Waals surface area contributed by atoms with E-state index in [9.17, 15) is 0 Å². The Bertz CT molecular complexity index is 178. The Morgan fingerprint density at radius 3 is 2.43 bits per heavy atom. The molecule has 0 spiro atoms. The monoisotopic (exact) mass is 216 g/mol. The molecule has 0 saturated carbocycles. The van der Waals surface area contributed by atoms with Crippen molar-refractivity contribution < 1.29 is 8.67 Å². The molecule has 0 amide bonds. The van der Waals surface area contributed by atoms with Crippen LogP contribution in [0.3, 0.4) is 0 Å². The van der Waals surface area contributed by atoms with Gasteiger partial charge in [-0.25, -0.2) is 0 Å². The van der Waals surface area contributed by atoms with Crippen LogP contribution < -0.4 is 0 Å². The number of rotatable bonds is 7. The molecule has 0 atom stereocenters. The maximum atomic E-state index is 5.59. The van der Waals surface area contributed by atoms with E-state index in [1.54, 1.807) is 0 Å². The maximum absolute atomic E-state index is 5.59. The fraction of sp³-hybridized carbons (Fsp3) is 0.909. The molecule has 0 saturated heterocycles. The van der Waals surface area contributed by atoms with E-state index in [1.165, 1.54) is 25.1 Å². The van der Waals surface area contributed by atoms with Crippen molar-refractivity contribution in [3.05, 3.63) is 0 Å². The Kier molecular flexibility index (Phi) is 8.09. The molecule has 14 heavy (non-hydrogen) atoms. The van der Waals surface area contributed by atoms with Crippen molar-refractivity contribution in [3.63, 3.8) is 0 Å². The SMILES string of the molecule is CCC[N+]([SiH2]OCC)=C(C)CC(C)C. The Balaban J connectivity index is 4.25. The summed E-state index contributed by atoms with van der Waals surface area (Å²) in [4.78, 5) is 0. The van der Waals surface area contributed by atoms with Gasteiger partial charge in [0.1, 0.15) is 12.3 Å². The van der Waals surface area contributed by atoms with Gasteiger partial charge in [-0.3, -0.25) is 4.24 Å². The summed E-state index contributed by atoms with van der Waals surface area (Å²) in [6, 6.07) is 0. The quantitative estimate of drug-likeness (QED) is 0.468. The van der Waals surface area contributed by atoms with Crippen LogP contribution in [0.25, 0.3) is 0 Å². The number of hydrogen-bond acceptors (Lipinski definition) is 1. The molecular formula is C11H26NOSi+. The van der Waals surface area contributed by atoms with E-state index in [4.69, 9.17) is 4.43 Å². The van der Waals surface area contributed by atoms with Gasteiger partial charge in [-0.05, 0) is 12.8 Å². The molecule has 84 valence electrons. The lowest BCUT2D eigenvalue weighted by molar-refractivity contribution is -0.399. The summed E-state index contributed by atoms with van der Waals surface area (Å²) in [6.07, 6.45) is 2.43. The highest BCUT2D eigenvalue weighted by atomic mass is 28.2. The second-order valence-corrected chi connectivity index (χ2v) is 5.65. The molecule has 0 aromatic rings. The van der Waals surface area contributed by atoms with Crippen LogP contribution in [0, 0.1) is 5.92 Å². The van der Waals surface area contributed by atoms with Crippen LogP contribution in [0.15, 0.2) is 0 Å². The molecule has 0 radical (unpaired) electrons. The second-order valence-electron chi connectivity index (χ2n) is 4.22. The summed E-state index contributed by atoms with van der Waals surface area (Å²) in [5.41, 5.74) is 1.52. The van der Waals surface area contributed by atoms with Gasteiger partial charge in [0.2, 0.25) is 0 Å². The molecule has 0 fully saturated rings. The first-order chi connectivity index (χ1) is 6.61. The molecule has 0 aliphatic heterocycles. The van der Waals surface area contributed by atoms with Gasteiger partial charge >= 0.3 is 9.92 Å². The van der Waals surface area contributed by atoms with Crippen molar-refractivity contribution in [2.75, 3.05) is 13.2 Å². The maximum Gasteiger partial charge on any atom is 0.481 e. The average Bonchev–Trinajstić information content (AvgIpc) is 2.10. The van der Waals surface area contributed by atoms with E-state index in [0.29, 0.717) is 0 Å². The van der Waals surface area contributed by atoms with Crippen LogP contribution in [-0.4, -0.2) is 33.0 Å². The topological polar surface area (TPSA) is 12.2 Å². The minimum Gasteiger partial charge on any atom is -0.369 e. The van der Waals surface area contributed by atoms with Crippen LogP contribution in [0.5, 0.6) is 0 Å². The fourth-order valence-corrected chi connectivity index (χ4v) is 2.75. The second kappa shape index (κ2) is 8.18. The van der Waals surface area contributed by atoms with Gasteiger partial charge in [0.05, 0.1) is 0 Å². The molecule has 0 aromatic carbocycles. The molecule has 2 nitrogen and oxygen atoms in total. The zero-order valence-corrected chi connectivity index (χ0v) is 11.9. The first-order valence-electron chi connectivity index (χ1n) is 5.76. The van der Waals surface area contributed by atoms with Crippen molar-refractivity contribution in [1.82, 2.24) is 0 Å². The van der Waals surface area contributed by atoms with E-state index in [1.807, 2.05) is 0 Å². The summed E-state index contributed by atoms with van der Waals surface area (Å²) < 4.78 is 8.08. The Labute approximate surface area is 91.4 Å². The summed E-state index contributed by atoms with van der Waals surface area (Å²) >= 11 is 0. The van der Waals surface area contributed by atoms with Crippen LogP contribution in [-0.2, 0) is 4.43 Å². The minimum atomic E-state index is -0.480. The van der Waals surface area contributed by atoms with Crippen molar-refractivity contribution in [1.29, 1.82) is 0 Å². The standard InChI is InChI=1S/C11H26NOSi/c1-6-8-12(14-13-7-2)11(5)9-10(3)4/h10H,6-9,14H2,1-5H3/q+1. The average molecular weight is 216 g/mol. The van der Waals surface area contributed by atoms with Crippen LogP contribution >= 0.6 is 0 Å². The molecule has 0 aliphatic rings. The summed E-state index contributed by atoms with van der Waals surface area (Å²) in [5, 5.41) is 0. The highest BCUT2D eigenvalue weighted by molar-refractivity contribution is 6.18. The molecule has 0 bridgehead atoms. The van der Waals surface area contributed by atoms with E-state index >= 15 is 0 Å². The predicted molar refractivity (Wildman–Crippen MR) is 65.7 cm³/mol. The molecule has 0 heterocycles. The highest BCUT2D eigenvalue weighted by Crippen LogP contribution is 2.01. The van der Waals surface area contributed by atoms with Gasteiger partial charge in [0, 0.05) is 26.4 Å². The third kappa shape index (κ3) is 6.32.